The fourth-order valence-electron chi connectivity index (χ4n) is 3.08. The van der Waals surface area contributed by atoms with Crippen LogP contribution >= 0.6 is 11.3 Å². The highest BCUT2D eigenvalue weighted by Gasteiger charge is 2.40. The summed E-state index contributed by atoms with van der Waals surface area (Å²) in [5.74, 6) is -0.921. The molecule has 2 aromatic heterocycles. The van der Waals surface area contributed by atoms with Crippen LogP contribution in [0.1, 0.15) is 27.2 Å². The van der Waals surface area contributed by atoms with Crippen molar-refractivity contribution in [2.45, 2.75) is 20.0 Å². The van der Waals surface area contributed by atoms with E-state index in [0.717, 1.165) is 38.9 Å². The van der Waals surface area contributed by atoms with Crippen molar-refractivity contribution >= 4 is 22.4 Å². The van der Waals surface area contributed by atoms with Gasteiger partial charge < -0.3 is 0 Å². The topological polar surface area (TPSA) is 59.8 Å². The molecule has 0 radical (unpaired) electrons. The number of hydrogen-bond donors (Lipinski definition) is 1. The van der Waals surface area contributed by atoms with Crippen LogP contribution in [0.5, 0.6) is 0 Å². The van der Waals surface area contributed by atoms with E-state index in [4.69, 9.17) is 0 Å². The minimum absolute atomic E-state index is 0.207. The zero-order valence-electron chi connectivity index (χ0n) is 16.6. The van der Waals surface area contributed by atoms with Crippen LogP contribution in [0.25, 0.3) is 16.9 Å². The predicted octanol–water partition coefficient (Wildman–Crippen LogP) is 5.88. The van der Waals surface area contributed by atoms with Crippen LogP contribution in [-0.4, -0.2) is 20.7 Å². The first-order chi connectivity index (χ1) is 14.7. The van der Waals surface area contributed by atoms with E-state index >= 15 is 0 Å². The lowest BCUT2D eigenvalue weighted by atomic mass is 10.1. The Morgan fingerprint density at radius 3 is 2.48 bits per heavy atom. The monoisotopic (exact) mass is 442 g/mol. The summed E-state index contributed by atoms with van der Waals surface area (Å²) >= 11 is 1.14. The van der Waals surface area contributed by atoms with Crippen molar-refractivity contribution in [2.24, 2.45) is 0 Å². The van der Waals surface area contributed by atoms with Crippen LogP contribution in [0.2, 0.25) is 0 Å². The highest BCUT2D eigenvalue weighted by Crippen LogP contribution is 2.34. The Bertz CT molecular complexity index is 1250. The Labute approximate surface area is 180 Å². The summed E-state index contributed by atoms with van der Waals surface area (Å²) in [6.07, 6.45) is -3.85. The predicted molar refractivity (Wildman–Crippen MR) is 114 cm³/mol. The molecule has 5 nitrogen and oxygen atoms in total. The molecule has 0 fully saturated rings. The van der Waals surface area contributed by atoms with E-state index in [0.29, 0.717) is 5.69 Å². The average Bonchev–Trinajstić information content (AvgIpc) is 3.38. The summed E-state index contributed by atoms with van der Waals surface area (Å²) in [6, 6.07) is 13.7. The van der Waals surface area contributed by atoms with E-state index in [-0.39, 0.29) is 10.8 Å². The van der Waals surface area contributed by atoms with Crippen molar-refractivity contribution in [1.29, 1.82) is 0 Å². The number of aryl methyl sites for hydroxylation is 2. The standard InChI is InChI=1S/C22H17F3N4OS/c1-13-8-9-15(10-14(13)2)18-12-31-21(27-18)28-20(30)17-11-26-29(19(17)22(23,24)25)16-6-4-3-5-7-16/h3-12H,1-2H3,(H,27,28,30). The minimum atomic E-state index is -4.77. The van der Waals surface area contributed by atoms with E-state index in [1.807, 2.05) is 32.0 Å². The molecule has 0 aliphatic heterocycles. The van der Waals surface area contributed by atoms with Crippen molar-refractivity contribution in [3.8, 4) is 16.9 Å². The summed E-state index contributed by atoms with van der Waals surface area (Å²) in [5.41, 5.74) is 2.25. The normalized spacial score (nSPS) is 11.5. The van der Waals surface area contributed by atoms with Gasteiger partial charge in [-0.1, -0.05) is 30.3 Å². The highest BCUT2D eigenvalue weighted by atomic mass is 32.1. The fourth-order valence-corrected chi connectivity index (χ4v) is 3.80. The van der Waals surface area contributed by atoms with Gasteiger partial charge in [-0.25, -0.2) is 9.67 Å². The first kappa shape index (κ1) is 20.8. The number of amides is 1. The Morgan fingerprint density at radius 2 is 1.81 bits per heavy atom. The molecule has 2 heterocycles. The van der Waals surface area contributed by atoms with Gasteiger partial charge in [-0.05, 0) is 43.2 Å². The first-order valence-corrected chi connectivity index (χ1v) is 10.2. The van der Waals surface area contributed by atoms with Gasteiger partial charge in [-0.2, -0.15) is 18.3 Å². The molecule has 0 bridgehead atoms. The molecular formula is C22H17F3N4OS. The van der Waals surface area contributed by atoms with Crippen LogP contribution in [0, 0.1) is 13.8 Å². The van der Waals surface area contributed by atoms with E-state index < -0.39 is 23.3 Å². The maximum absolute atomic E-state index is 13.8. The van der Waals surface area contributed by atoms with Gasteiger partial charge in [0, 0.05) is 10.9 Å². The molecule has 2 aromatic carbocycles. The Kier molecular flexibility index (Phi) is 5.36. The molecule has 0 aliphatic carbocycles. The van der Waals surface area contributed by atoms with Crippen molar-refractivity contribution < 1.29 is 18.0 Å². The summed E-state index contributed by atoms with van der Waals surface area (Å²) < 4.78 is 42.0. The van der Waals surface area contributed by atoms with Gasteiger partial charge in [0.2, 0.25) is 0 Å². The molecule has 4 aromatic rings. The van der Waals surface area contributed by atoms with Crippen LogP contribution in [0.3, 0.4) is 0 Å². The Hall–Kier alpha value is -3.46. The van der Waals surface area contributed by atoms with Gasteiger partial charge in [0.1, 0.15) is 0 Å². The molecule has 31 heavy (non-hydrogen) atoms. The Balaban J connectivity index is 1.63. The van der Waals surface area contributed by atoms with Gasteiger partial charge in [0.05, 0.1) is 23.1 Å². The zero-order valence-corrected chi connectivity index (χ0v) is 17.4. The molecule has 0 saturated heterocycles. The number of nitrogens with one attached hydrogen (secondary N) is 1. The molecule has 1 amide bonds. The number of aromatic nitrogens is 3. The minimum Gasteiger partial charge on any atom is -0.298 e. The summed E-state index contributed by atoms with van der Waals surface area (Å²) in [5, 5.41) is 8.23. The van der Waals surface area contributed by atoms with Gasteiger partial charge in [-0.3, -0.25) is 10.1 Å². The number of benzene rings is 2. The molecule has 1 N–H and O–H groups in total. The quantitative estimate of drug-likeness (QED) is 0.429. The van der Waals surface area contributed by atoms with Gasteiger partial charge in [0.15, 0.2) is 10.8 Å². The third kappa shape index (κ3) is 4.22. The Morgan fingerprint density at radius 1 is 1.06 bits per heavy atom. The van der Waals surface area contributed by atoms with Crippen molar-refractivity contribution in [2.75, 3.05) is 5.32 Å². The highest BCUT2D eigenvalue weighted by molar-refractivity contribution is 7.14. The van der Waals surface area contributed by atoms with Crippen LogP contribution in [0.4, 0.5) is 18.3 Å². The molecule has 0 atom stereocenters. The molecule has 0 spiro atoms. The lowest BCUT2D eigenvalue weighted by Gasteiger charge is -2.12. The van der Waals surface area contributed by atoms with Crippen molar-refractivity contribution in [1.82, 2.24) is 14.8 Å². The van der Waals surface area contributed by atoms with Gasteiger partial charge in [0.25, 0.3) is 5.91 Å². The number of carbonyl (C=O) groups is 1. The van der Waals surface area contributed by atoms with Crippen LogP contribution in [-0.2, 0) is 6.18 Å². The number of rotatable bonds is 4. The smallest absolute Gasteiger partial charge is 0.298 e. The second-order valence-corrected chi connectivity index (χ2v) is 7.80. The van der Waals surface area contributed by atoms with Gasteiger partial charge in [-0.15, -0.1) is 11.3 Å². The third-order valence-electron chi connectivity index (χ3n) is 4.81. The second-order valence-electron chi connectivity index (χ2n) is 6.94. The van der Waals surface area contributed by atoms with Crippen LogP contribution < -0.4 is 5.32 Å². The SMILES string of the molecule is Cc1ccc(-c2csc(NC(=O)c3cnn(-c4ccccc4)c3C(F)(F)F)n2)cc1C. The molecular weight excluding hydrogens is 425 g/mol. The summed E-state index contributed by atoms with van der Waals surface area (Å²) in [7, 11) is 0. The molecule has 0 saturated carbocycles. The molecule has 4 rings (SSSR count). The first-order valence-electron chi connectivity index (χ1n) is 9.29. The second kappa shape index (κ2) is 7.99. The van der Waals surface area contributed by atoms with E-state index in [2.05, 4.69) is 15.4 Å². The number of hydrogen-bond acceptors (Lipinski definition) is 4. The van der Waals surface area contributed by atoms with E-state index in [1.54, 1.807) is 23.6 Å². The van der Waals surface area contributed by atoms with Crippen molar-refractivity contribution in [3.05, 3.63) is 82.5 Å². The average molecular weight is 442 g/mol. The maximum Gasteiger partial charge on any atom is 0.434 e. The number of nitrogens with zero attached hydrogens (tertiary/aromatic N) is 3. The third-order valence-corrected chi connectivity index (χ3v) is 5.57. The van der Waals surface area contributed by atoms with E-state index in [1.165, 1.54) is 12.1 Å². The number of halogens is 3. The van der Waals surface area contributed by atoms with Gasteiger partial charge >= 0.3 is 6.18 Å². The van der Waals surface area contributed by atoms with Crippen molar-refractivity contribution in [3.63, 3.8) is 0 Å². The van der Waals surface area contributed by atoms with Crippen LogP contribution in [0.15, 0.2) is 60.1 Å². The molecule has 0 unspecified atom stereocenters. The molecule has 0 aliphatic rings. The number of anilines is 1. The number of alkyl halides is 3. The summed E-state index contributed by atoms with van der Waals surface area (Å²) in [4.78, 5) is 17.0. The zero-order chi connectivity index (χ0) is 22.2. The number of thiazole rings is 1. The lowest BCUT2D eigenvalue weighted by Crippen LogP contribution is -2.20. The molecule has 9 heteroatoms. The maximum atomic E-state index is 13.8. The lowest BCUT2D eigenvalue weighted by molar-refractivity contribution is -0.143. The summed E-state index contributed by atoms with van der Waals surface area (Å²) in [6.45, 7) is 3.98. The van der Waals surface area contributed by atoms with E-state index in [9.17, 15) is 18.0 Å². The largest absolute Gasteiger partial charge is 0.434 e. The number of para-hydroxylation sites is 1. The fraction of sp³-hybridized carbons (Fsp3) is 0.136. The molecule has 158 valence electrons. The number of carbonyl (C=O) groups excluding carboxylic acids is 1.